The molecule has 0 saturated carbocycles. The van der Waals surface area contributed by atoms with Crippen molar-refractivity contribution in [1.29, 1.82) is 0 Å². The topological polar surface area (TPSA) is 125 Å². The molecule has 2 aromatic heterocycles. The number of hydrogen-bond acceptors (Lipinski definition) is 6. The van der Waals surface area contributed by atoms with Crippen LogP contribution in [-0.2, 0) is 9.59 Å². The minimum absolute atomic E-state index is 0.00379. The van der Waals surface area contributed by atoms with Crippen LogP contribution in [0.5, 0.6) is 23.3 Å². The largest absolute Gasteiger partial charge is 0.481 e. The van der Waals surface area contributed by atoms with Gasteiger partial charge in [0.25, 0.3) is 0 Å². The number of carboxylic acids is 1. The van der Waals surface area contributed by atoms with Crippen LogP contribution in [0, 0.1) is 22.5 Å². The van der Waals surface area contributed by atoms with E-state index in [2.05, 4.69) is 9.97 Å². The van der Waals surface area contributed by atoms with E-state index >= 15 is 0 Å². The van der Waals surface area contributed by atoms with Crippen LogP contribution in [0.1, 0.15) is 61.8 Å². The van der Waals surface area contributed by atoms with E-state index < -0.39 is 46.2 Å². The van der Waals surface area contributed by atoms with Crippen molar-refractivity contribution >= 4 is 35.1 Å². The molecule has 0 unspecified atom stereocenters. The molecular formula is C32H27Cl2F2N3O5. The van der Waals surface area contributed by atoms with Crippen LogP contribution in [-0.4, -0.2) is 27.0 Å². The van der Waals surface area contributed by atoms with Crippen molar-refractivity contribution in [2.24, 2.45) is 16.6 Å². The number of halogens is 4. The number of para-hydroxylation sites is 2. The number of ether oxygens (including phenoxy) is 2. The lowest BCUT2D eigenvalue weighted by molar-refractivity contribution is -0.147. The van der Waals surface area contributed by atoms with Crippen LogP contribution in [0.15, 0.2) is 60.7 Å². The first-order valence-electron chi connectivity index (χ1n) is 13.4. The van der Waals surface area contributed by atoms with Crippen LogP contribution >= 0.6 is 23.2 Å². The molecule has 3 N–H and O–H groups in total. The molecule has 228 valence electrons. The highest BCUT2D eigenvalue weighted by Gasteiger charge is 2.45. The first-order valence-corrected chi connectivity index (χ1v) is 14.2. The molecule has 0 spiro atoms. The Balaban J connectivity index is 0.000000175. The molecule has 0 radical (unpaired) electrons. The number of pyridine rings is 2. The Labute approximate surface area is 261 Å². The summed E-state index contributed by atoms with van der Waals surface area (Å²) >= 11 is 11.8. The van der Waals surface area contributed by atoms with Gasteiger partial charge in [-0.05, 0) is 50.2 Å². The number of amides is 1. The third-order valence-electron chi connectivity index (χ3n) is 7.98. The van der Waals surface area contributed by atoms with Gasteiger partial charge in [0.05, 0.1) is 10.8 Å². The number of carbonyl (C=O) groups is 2. The van der Waals surface area contributed by atoms with Crippen molar-refractivity contribution in [3.8, 4) is 23.3 Å². The predicted molar refractivity (Wildman–Crippen MR) is 160 cm³/mol. The number of nitrogens with zero attached hydrogens (tertiary/aromatic N) is 2. The zero-order valence-corrected chi connectivity index (χ0v) is 25.5. The minimum Gasteiger partial charge on any atom is -0.481 e. The van der Waals surface area contributed by atoms with Gasteiger partial charge in [0.1, 0.15) is 10.3 Å². The molecule has 2 aliphatic heterocycles. The SMILES string of the molecule is CC(C)(C(=O)O)[C@@H]1c2ccc(Cl)nc2Oc2c(F)cccc21.CC(C)(C(N)=O)[C@@H]1c2ccc(Cl)nc2Oc2c(F)cccc21. The number of carboxylic acid groups (broad SMARTS) is 1. The van der Waals surface area contributed by atoms with Gasteiger partial charge in [-0.3, -0.25) is 9.59 Å². The summed E-state index contributed by atoms with van der Waals surface area (Å²) in [7, 11) is 0. The molecule has 0 fully saturated rings. The molecular weight excluding hydrogens is 615 g/mol. The number of rotatable bonds is 4. The van der Waals surface area contributed by atoms with Gasteiger partial charge in [-0.2, -0.15) is 0 Å². The van der Waals surface area contributed by atoms with Crippen molar-refractivity contribution in [2.75, 3.05) is 0 Å². The maximum Gasteiger partial charge on any atom is 0.310 e. The number of nitrogens with two attached hydrogens (primary N) is 1. The molecule has 6 rings (SSSR count). The van der Waals surface area contributed by atoms with E-state index in [1.54, 1.807) is 70.2 Å². The number of hydrogen-bond donors (Lipinski definition) is 2. The Bertz CT molecular complexity index is 1680. The fourth-order valence-electron chi connectivity index (χ4n) is 5.53. The zero-order valence-electron chi connectivity index (χ0n) is 24.0. The second-order valence-corrected chi connectivity index (χ2v) is 12.3. The summed E-state index contributed by atoms with van der Waals surface area (Å²) in [5.74, 6) is -3.22. The average molecular weight is 642 g/mol. The Morgan fingerprint density at radius 2 is 1.14 bits per heavy atom. The van der Waals surface area contributed by atoms with Crippen LogP contribution in [0.4, 0.5) is 8.78 Å². The molecule has 2 aromatic carbocycles. The molecule has 0 aliphatic carbocycles. The third kappa shape index (κ3) is 5.33. The number of benzene rings is 2. The Morgan fingerprint density at radius 3 is 1.52 bits per heavy atom. The number of fused-ring (bicyclic) bond motifs is 4. The van der Waals surface area contributed by atoms with Gasteiger partial charge >= 0.3 is 5.97 Å². The normalized spacial score (nSPS) is 16.5. The highest BCUT2D eigenvalue weighted by Crippen LogP contribution is 2.53. The van der Waals surface area contributed by atoms with Gasteiger partial charge < -0.3 is 20.3 Å². The zero-order chi connectivity index (χ0) is 32.1. The molecule has 12 heteroatoms. The van der Waals surface area contributed by atoms with Gasteiger partial charge in [-0.1, -0.05) is 61.3 Å². The van der Waals surface area contributed by atoms with E-state index in [1.807, 2.05) is 0 Å². The summed E-state index contributed by atoms with van der Waals surface area (Å²) in [4.78, 5) is 31.8. The van der Waals surface area contributed by atoms with Gasteiger partial charge in [-0.25, -0.2) is 18.7 Å². The Morgan fingerprint density at radius 1 is 0.727 bits per heavy atom. The fourth-order valence-corrected chi connectivity index (χ4v) is 5.81. The maximum atomic E-state index is 14.1. The first kappa shape index (κ1) is 31.2. The minimum atomic E-state index is -1.17. The molecule has 2 aliphatic rings. The maximum absolute atomic E-state index is 14.1. The standard InChI is InChI=1S/C16H14ClFN2O2.C16H13ClFNO3/c1-16(2,15(19)21)12-8-4-3-5-10(18)13(8)22-14-9(12)6-7-11(17)20-14;1-16(2,15(20)21)12-8-4-3-5-10(18)13(8)22-14-9(12)6-7-11(17)19-14/h3-7,12H,1-2H3,(H2,19,21);3-7,12H,1-2H3,(H,20,21)/t2*12-/m00/s1. The summed E-state index contributed by atoms with van der Waals surface area (Å²) in [6, 6.07) is 15.7. The van der Waals surface area contributed by atoms with Crippen LogP contribution in [0.3, 0.4) is 0 Å². The fraction of sp³-hybridized carbons (Fsp3) is 0.250. The van der Waals surface area contributed by atoms with E-state index in [0.717, 1.165) is 0 Å². The monoisotopic (exact) mass is 641 g/mol. The Kier molecular flexibility index (Phi) is 8.02. The number of carbonyl (C=O) groups excluding carboxylic acids is 1. The van der Waals surface area contributed by atoms with Crippen LogP contribution in [0.2, 0.25) is 10.3 Å². The number of primary amides is 1. The van der Waals surface area contributed by atoms with E-state index in [0.29, 0.717) is 22.3 Å². The highest BCUT2D eigenvalue weighted by molar-refractivity contribution is 6.29. The van der Waals surface area contributed by atoms with Crippen molar-refractivity contribution in [1.82, 2.24) is 9.97 Å². The van der Waals surface area contributed by atoms with Crippen molar-refractivity contribution in [3.05, 3.63) is 105 Å². The van der Waals surface area contributed by atoms with E-state index in [9.17, 15) is 23.5 Å². The smallest absolute Gasteiger partial charge is 0.310 e. The molecule has 0 bridgehead atoms. The van der Waals surface area contributed by atoms with Crippen molar-refractivity contribution < 1.29 is 33.0 Å². The second kappa shape index (κ2) is 11.3. The average Bonchev–Trinajstić information content (AvgIpc) is 2.95. The van der Waals surface area contributed by atoms with E-state index in [4.69, 9.17) is 38.4 Å². The molecule has 1 amide bonds. The second-order valence-electron chi connectivity index (χ2n) is 11.6. The summed E-state index contributed by atoms with van der Waals surface area (Å²) in [6.45, 7) is 6.63. The lowest BCUT2D eigenvalue weighted by Gasteiger charge is -2.36. The molecule has 4 aromatic rings. The summed E-state index contributed by atoms with van der Waals surface area (Å²) in [6.07, 6.45) is 0. The Hall–Kier alpha value is -4.28. The predicted octanol–water partition coefficient (Wildman–Crippen LogP) is 7.85. The van der Waals surface area contributed by atoms with Crippen molar-refractivity contribution in [2.45, 2.75) is 39.5 Å². The highest BCUT2D eigenvalue weighted by atomic mass is 35.5. The number of aromatic nitrogens is 2. The molecule has 44 heavy (non-hydrogen) atoms. The van der Waals surface area contributed by atoms with Gasteiger partial charge in [0.2, 0.25) is 17.7 Å². The first-order chi connectivity index (χ1) is 20.6. The molecule has 4 heterocycles. The quantitative estimate of drug-likeness (QED) is 0.217. The summed E-state index contributed by atoms with van der Waals surface area (Å²) in [5, 5.41) is 10.0. The molecule has 8 nitrogen and oxygen atoms in total. The van der Waals surface area contributed by atoms with E-state index in [-0.39, 0.29) is 33.6 Å². The third-order valence-corrected chi connectivity index (χ3v) is 8.40. The van der Waals surface area contributed by atoms with Gasteiger partial charge in [-0.15, -0.1) is 0 Å². The van der Waals surface area contributed by atoms with Gasteiger partial charge in [0, 0.05) is 34.1 Å². The van der Waals surface area contributed by atoms with E-state index in [1.165, 1.54) is 18.2 Å². The van der Waals surface area contributed by atoms with Crippen molar-refractivity contribution in [3.63, 3.8) is 0 Å². The van der Waals surface area contributed by atoms with Crippen LogP contribution < -0.4 is 15.2 Å². The lowest BCUT2D eigenvalue weighted by atomic mass is 9.70. The number of aliphatic carboxylic acids is 1. The molecule has 0 saturated heterocycles. The summed E-state index contributed by atoms with van der Waals surface area (Å²) < 4.78 is 39.3. The summed E-state index contributed by atoms with van der Waals surface area (Å²) in [5.41, 5.74) is 5.74. The van der Waals surface area contributed by atoms with Crippen LogP contribution in [0.25, 0.3) is 0 Å². The molecule has 2 atom stereocenters. The van der Waals surface area contributed by atoms with Gasteiger partial charge in [0.15, 0.2) is 23.1 Å². The lowest BCUT2D eigenvalue weighted by Crippen LogP contribution is -2.38.